The number of carbonyl (C=O) groups is 1. The minimum Gasteiger partial charge on any atom is -0.459 e. The Labute approximate surface area is 112 Å². The molecular formula is C15H28O3. The Hall–Kier alpha value is -0.830. The van der Waals surface area contributed by atoms with Crippen LogP contribution in [0.15, 0.2) is 12.2 Å². The van der Waals surface area contributed by atoms with Crippen LogP contribution in [0, 0.1) is 5.41 Å². The molecule has 3 heteroatoms. The molecule has 18 heavy (non-hydrogen) atoms. The average molecular weight is 256 g/mol. The van der Waals surface area contributed by atoms with Gasteiger partial charge < -0.3 is 9.47 Å². The third-order valence-corrected chi connectivity index (χ3v) is 2.63. The molecule has 0 aromatic carbocycles. The van der Waals surface area contributed by atoms with Crippen molar-refractivity contribution < 1.29 is 14.3 Å². The molecule has 0 aliphatic carbocycles. The van der Waals surface area contributed by atoms with Crippen LogP contribution in [0.1, 0.15) is 53.9 Å². The molecule has 0 spiro atoms. The zero-order valence-electron chi connectivity index (χ0n) is 12.7. The summed E-state index contributed by atoms with van der Waals surface area (Å²) in [6.45, 7) is 10.3. The topological polar surface area (TPSA) is 35.5 Å². The Morgan fingerprint density at radius 3 is 2.28 bits per heavy atom. The Morgan fingerprint density at radius 1 is 1.22 bits per heavy atom. The van der Waals surface area contributed by atoms with Gasteiger partial charge in [0.1, 0.15) is 5.60 Å². The van der Waals surface area contributed by atoms with Gasteiger partial charge in [-0.05, 0) is 47.0 Å². The first-order valence-corrected chi connectivity index (χ1v) is 6.65. The first kappa shape index (κ1) is 17.2. The maximum Gasteiger partial charge on any atom is 0.316 e. The van der Waals surface area contributed by atoms with Crippen LogP contribution in [0.4, 0.5) is 0 Å². The summed E-state index contributed by atoms with van der Waals surface area (Å²) >= 11 is 0. The summed E-state index contributed by atoms with van der Waals surface area (Å²) in [5.41, 5.74) is -0.999. The molecule has 1 unspecified atom stereocenters. The molecule has 106 valence electrons. The van der Waals surface area contributed by atoms with Gasteiger partial charge in [0.15, 0.2) is 0 Å². The van der Waals surface area contributed by atoms with Crippen molar-refractivity contribution in [3.05, 3.63) is 12.2 Å². The van der Waals surface area contributed by atoms with Gasteiger partial charge in [0.2, 0.25) is 0 Å². The van der Waals surface area contributed by atoms with Gasteiger partial charge >= 0.3 is 5.97 Å². The van der Waals surface area contributed by atoms with Gasteiger partial charge in [-0.2, -0.15) is 0 Å². The van der Waals surface area contributed by atoms with Crippen molar-refractivity contribution in [2.45, 2.75) is 59.5 Å². The monoisotopic (exact) mass is 256 g/mol. The maximum atomic E-state index is 12.3. The molecule has 0 saturated heterocycles. The number of carbonyl (C=O) groups excluding carboxylic acids is 1. The Morgan fingerprint density at radius 2 is 1.83 bits per heavy atom. The lowest BCUT2D eigenvalue weighted by Gasteiger charge is -2.29. The molecule has 0 amide bonds. The number of hydrogen-bond donors (Lipinski definition) is 0. The van der Waals surface area contributed by atoms with E-state index in [1.54, 1.807) is 7.11 Å². The summed E-state index contributed by atoms with van der Waals surface area (Å²) in [4.78, 5) is 12.3. The number of methoxy groups -OCH3 is 1. The summed E-state index contributed by atoms with van der Waals surface area (Å²) in [5.74, 6) is -0.157. The summed E-state index contributed by atoms with van der Waals surface area (Å²) in [6.07, 6.45) is 6.50. The molecule has 0 saturated carbocycles. The van der Waals surface area contributed by atoms with Crippen molar-refractivity contribution in [1.82, 2.24) is 0 Å². The molecule has 0 N–H and O–H groups in total. The molecule has 1 atom stereocenters. The van der Waals surface area contributed by atoms with E-state index < -0.39 is 11.0 Å². The lowest BCUT2D eigenvalue weighted by Crippen LogP contribution is -2.34. The van der Waals surface area contributed by atoms with Crippen molar-refractivity contribution in [3.8, 4) is 0 Å². The average Bonchev–Trinajstić information content (AvgIpc) is 2.24. The van der Waals surface area contributed by atoms with E-state index in [2.05, 4.69) is 6.92 Å². The van der Waals surface area contributed by atoms with Crippen LogP contribution < -0.4 is 0 Å². The zero-order chi connectivity index (χ0) is 14.2. The second kappa shape index (κ2) is 7.57. The minimum absolute atomic E-state index is 0.157. The highest BCUT2D eigenvalue weighted by Crippen LogP contribution is 2.29. The maximum absolute atomic E-state index is 12.3. The molecule has 0 aliphatic rings. The lowest BCUT2D eigenvalue weighted by molar-refractivity contribution is -0.164. The van der Waals surface area contributed by atoms with Crippen molar-refractivity contribution in [2.75, 3.05) is 13.7 Å². The van der Waals surface area contributed by atoms with Crippen LogP contribution in [0.25, 0.3) is 0 Å². The van der Waals surface area contributed by atoms with Crippen LogP contribution in [0.5, 0.6) is 0 Å². The van der Waals surface area contributed by atoms with E-state index in [0.29, 0.717) is 6.61 Å². The van der Waals surface area contributed by atoms with Gasteiger partial charge in [-0.3, -0.25) is 4.79 Å². The smallest absolute Gasteiger partial charge is 0.316 e. The fraction of sp³-hybridized carbons (Fsp3) is 0.800. The highest BCUT2D eigenvalue weighted by Gasteiger charge is 2.34. The summed E-state index contributed by atoms with van der Waals surface area (Å²) in [6, 6.07) is 0. The quantitative estimate of drug-likeness (QED) is 0.395. The van der Waals surface area contributed by atoms with E-state index in [9.17, 15) is 4.79 Å². The van der Waals surface area contributed by atoms with E-state index in [4.69, 9.17) is 9.47 Å². The van der Waals surface area contributed by atoms with Crippen LogP contribution >= 0.6 is 0 Å². The SMILES string of the molecule is CC/C=C/C(C)(CCCOC)C(=O)OC(C)(C)C. The standard InChI is InChI=1S/C15H28O3/c1-7-8-10-15(5,11-9-12-17-6)13(16)18-14(2,3)4/h8,10H,7,9,11-12H2,1-6H3/b10-8+. The van der Waals surface area contributed by atoms with Gasteiger partial charge in [0.25, 0.3) is 0 Å². The second-order valence-electron chi connectivity index (χ2n) is 5.83. The Balaban J connectivity index is 4.73. The number of esters is 1. The van der Waals surface area contributed by atoms with Crippen molar-refractivity contribution in [2.24, 2.45) is 5.41 Å². The summed E-state index contributed by atoms with van der Waals surface area (Å²) in [5, 5.41) is 0. The van der Waals surface area contributed by atoms with Crippen LogP contribution in [-0.4, -0.2) is 25.3 Å². The normalized spacial score (nSPS) is 15.7. The molecule has 0 aromatic rings. The third-order valence-electron chi connectivity index (χ3n) is 2.63. The largest absolute Gasteiger partial charge is 0.459 e. The highest BCUT2D eigenvalue weighted by atomic mass is 16.6. The van der Waals surface area contributed by atoms with Crippen molar-refractivity contribution in [3.63, 3.8) is 0 Å². The fourth-order valence-electron chi connectivity index (χ4n) is 1.61. The Kier molecular flexibility index (Phi) is 7.22. The first-order chi connectivity index (χ1) is 8.25. The van der Waals surface area contributed by atoms with E-state index in [1.807, 2.05) is 39.8 Å². The number of hydrogen-bond acceptors (Lipinski definition) is 3. The molecule has 0 fully saturated rings. The molecular weight excluding hydrogens is 228 g/mol. The molecule has 3 nitrogen and oxygen atoms in total. The number of rotatable bonds is 7. The van der Waals surface area contributed by atoms with Gasteiger partial charge in [-0.25, -0.2) is 0 Å². The van der Waals surface area contributed by atoms with Gasteiger partial charge in [-0.15, -0.1) is 0 Å². The summed E-state index contributed by atoms with van der Waals surface area (Å²) in [7, 11) is 1.67. The predicted molar refractivity (Wildman–Crippen MR) is 74.5 cm³/mol. The number of ether oxygens (including phenoxy) is 2. The second-order valence-corrected chi connectivity index (χ2v) is 5.83. The van der Waals surface area contributed by atoms with E-state index in [1.165, 1.54) is 0 Å². The van der Waals surface area contributed by atoms with Gasteiger partial charge in [0, 0.05) is 13.7 Å². The minimum atomic E-state index is -0.554. The van der Waals surface area contributed by atoms with Gasteiger partial charge in [0.05, 0.1) is 5.41 Å². The van der Waals surface area contributed by atoms with Crippen molar-refractivity contribution >= 4 is 5.97 Å². The van der Waals surface area contributed by atoms with E-state index in [-0.39, 0.29) is 5.97 Å². The molecule has 0 aliphatic heterocycles. The fourth-order valence-corrected chi connectivity index (χ4v) is 1.61. The van der Waals surface area contributed by atoms with Crippen molar-refractivity contribution in [1.29, 1.82) is 0 Å². The molecule has 0 radical (unpaired) electrons. The molecule has 0 aromatic heterocycles. The van der Waals surface area contributed by atoms with Crippen LogP contribution in [0.2, 0.25) is 0 Å². The van der Waals surface area contributed by atoms with Crippen LogP contribution in [-0.2, 0) is 14.3 Å². The van der Waals surface area contributed by atoms with E-state index >= 15 is 0 Å². The zero-order valence-corrected chi connectivity index (χ0v) is 12.7. The van der Waals surface area contributed by atoms with E-state index in [0.717, 1.165) is 19.3 Å². The Bertz CT molecular complexity index is 276. The first-order valence-electron chi connectivity index (χ1n) is 6.65. The molecule has 0 bridgehead atoms. The van der Waals surface area contributed by atoms with Crippen LogP contribution in [0.3, 0.4) is 0 Å². The predicted octanol–water partition coefficient (Wildman–Crippen LogP) is 3.73. The third kappa shape index (κ3) is 6.80. The molecule has 0 heterocycles. The summed E-state index contributed by atoms with van der Waals surface area (Å²) < 4.78 is 10.5. The molecule has 0 rings (SSSR count). The van der Waals surface area contributed by atoms with Gasteiger partial charge in [-0.1, -0.05) is 19.1 Å². The number of allylic oxidation sites excluding steroid dienone is 1. The lowest BCUT2D eigenvalue weighted by atomic mass is 9.84. The highest BCUT2D eigenvalue weighted by molar-refractivity contribution is 5.79.